The third-order valence-electron chi connectivity index (χ3n) is 0.539. The molecule has 12 heavy (non-hydrogen) atoms. The largest absolute Gasteiger partial charge is 0.396 e. The van der Waals surface area contributed by atoms with E-state index in [4.69, 9.17) is 5.11 Å². The van der Waals surface area contributed by atoms with Crippen molar-refractivity contribution in [3.63, 3.8) is 0 Å². The van der Waals surface area contributed by atoms with Crippen LogP contribution < -0.4 is 0 Å². The summed E-state index contributed by atoms with van der Waals surface area (Å²) in [7, 11) is 0. The van der Waals surface area contributed by atoms with Crippen molar-refractivity contribution in [3.05, 3.63) is 24.3 Å². The Morgan fingerprint density at radius 3 is 1.33 bits per heavy atom. The molecular formula is C11H26O. The van der Waals surface area contributed by atoms with E-state index in [0.29, 0.717) is 0 Å². The van der Waals surface area contributed by atoms with Crippen molar-refractivity contribution in [2.75, 3.05) is 6.61 Å². The Morgan fingerprint density at radius 1 is 1.08 bits per heavy atom. The zero-order valence-corrected chi connectivity index (χ0v) is 7.28. The molecule has 0 unspecified atom stereocenters. The van der Waals surface area contributed by atoms with Crippen LogP contribution in [0.5, 0.6) is 0 Å². The van der Waals surface area contributed by atoms with Crippen LogP contribution in [0.1, 0.15) is 42.0 Å². The lowest BCUT2D eigenvalue weighted by molar-refractivity contribution is 0.299. The summed E-state index contributed by atoms with van der Waals surface area (Å²) >= 11 is 0. The first-order chi connectivity index (χ1) is 4.50. The minimum atomic E-state index is 0. The SMILES string of the molecule is C.C.C=C(C)C.C=C(C)CCO. The van der Waals surface area contributed by atoms with Crippen molar-refractivity contribution in [1.82, 2.24) is 0 Å². The topological polar surface area (TPSA) is 20.2 Å². The molecule has 0 atom stereocenters. The van der Waals surface area contributed by atoms with Gasteiger partial charge in [-0.3, -0.25) is 0 Å². The predicted molar refractivity (Wildman–Crippen MR) is 60.5 cm³/mol. The third-order valence-corrected chi connectivity index (χ3v) is 0.539. The number of hydrogen-bond acceptors (Lipinski definition) is 1. The van der Waals surface area contributed by atoms with Crippen molar-refractivity contribution in [2.45, 2.75) is 42.0 Å². The van der Waals surface area contributed by atoms with E-state index in [-0.39, 0.29) is 21.5 Å². The zero-order chi connectivity index (χ0) is 8.57. The van der Waals surface area contributed by atoms with E-state index in [1.807, 2.05) is 20.8 Å². The molecule has 0 saturated carbocycles. The highest BCUT2D eigenvalue weighted by Gasteiger charge is 1.77. The molecule has 0 rings (SSSR count). The normalized spacial score (nSPS) is 6.33. The molecule has 0 aliphatic rings. The Morgan fingerprint density at radius 2 is 1.33 bits per heavy atom. The maximum atomic E-state index is 8.18. The van der Waals surface area contributed by atoms with Crippen LogP contribution in [-0.4, -0.2) is 11.7 Å². The van der Waals surface area contributed by atoms with Crippen LogP contribution in [0.25, 0.3) is 0 Å². The van der Waals surface area contributed by atoms with Gasteiger partial charge in [0, 0.05) is 6.61 Å². The number of hydrogen-bond donors (Lipinski definition) is 1. The van der Waals surface area contributed by atoms with Gasteiger partial charge < -0.3 is 5.11 Å². The maximum absolute atomic E-state index is 8.18. The van der Waals surface area contributed by atoms with Crippen molar-refractivity contribution in [2.24, 2.45) is 0 Å². The van der Waals surface area contributed by atoms with Crippen LogP contribution in [0.3, 0.4) is 0 Å². The number of aliphatic hydroxyl groups excluding tert-OH is 1. The molecule has 1 N–H and O–H groups in total. The van der Waals surface area contributed by atoms with Gasteiger partial charge in [-0.25, -0.2) is 0 Å². The van der Waals surface area contributed by atoms with E-state index in [0.717, 1.165) is 12.0 Å². The van der Waals surface area contributed by atoms with Gasteiger partial charge in [0.15, 0.2) is 0 Å². The minimum Gasteiger partial charge on any atom is -0.396 e. The Hall–Kier alpha value is -0.560. The molecule has 0 aromatic rings. The van der Waals surface area contributed by atoms with Crippen LogP contribution in [0.2, 0.25) is 0 Å². The second-order valence-corrected chi connectivity index (χ2v) is 2.64. The van der Waals surface area contributed by atoms with E-state index in [1.165, 1.54) is 5.57 Å². The summed E-state index contributed by atoms with van der Waals surface area (Å²) in [5.41, 5.74) is 2.21. The maximum Gasteiger partial charge on any atom is 0.0467 e. The Bertz CT molecular complexity index is 99.6. The lowest BCUT2D eigenvalue weighted by Crippen LogP contribution is -1.79. The van der Waals surface area contributed by atoms with E-state index < -0.39 is 0 Å². The van der Waals surface area contributed by atoms with Gasteiger partial charge in [0.05, 0.1) is 0 Å². The first-order valence-corrected chi connectivity index (χ1v) is 3.38. The van der Waals surface area contributed by atoms with Gasteiger partial charge in [0.1, 0.15) is 0 Å². The van der Waals surface area contributed by atoms with Crippen LogP contribution >= 0.6 is 0 Å². The molecule has 0 aliphatic carbocycles. The average molecular weight is 174 g/mol. The van der Waals surface area contributed by atoms with Gasteiger partial charge in [0.25, 0.3) is 0 Å². The summed E-state index contributed by atoms with van der Waals surface area (Å²) in [5.74, 6) is 0. The standard InChI is InChI=1S/C5H10O.C4H8.2CH4/c1-5(2)3-4-6;1-4(2)3;;/h6H,1,3-4H2,2H3;1H2,2-3H3;2*1H4. The molecule has 0 aromatic carbocycles. The summed E-state index contributed by atoms with van der Waals surface area (Å²) in [6.07, 6.45) is 0.736. The minimum absolute atomic E-state index is 0. The van der Waals surface area contributed by atoms with Gasteiger partial charge in [-0.2, -0.15) is 0 Å². The van der Waals surface area contributed by atoms with Crippen LogP contribution in [0, 0.1) is 0 Å². The molecule has 0 fully saturated rings. The quantitative estimate of drug-likeness (QED) is 0.631. The number of allylic oxidation sites excluding steroid dienone is 1. The molecule has 0 aliphatic heterocycles. The average Bonchev–Trinajstić information content (AvgIpc) is 1.62. The highest BCUT2D eigenvalue weighted by Crippen LogP contribution is 1.90. The molecule has 76 valence electrons. The van der Waals surface area contributed by atoms with Crippen molar-refractivity contribution < 1.29 is 5.11 Å². The van der Waals surface area contributed by atoms with E-state index >= 15 is 0 Å². The van der Waals surface area contributed by atoms with Crippen molar-refractivity contribution in [3.8, 4) is 0 Å². The zero-order valence-electron chi connectivity index (χ0n) is 7.28. The fraction of sp³-hybridized carbons (Fsp3) is 0.636. The van der Waals surface area contributed by atoms with Crippen molar-refractivity contribution >= 4 is 0 Å². The first kappa shape index (κ1) is 22.5. The number of aliphatic hydroxyl groups is 1. The fourth-order valence-corrected chi connectivity index (χ4v) is 0.191. The summed E-state index contributed by atoms with van der Waals surface area (Å²) in [4.78, 5) is 0. The molecule has 0 bridgehead atoms. The van der Waals surface area contributed by atoms with Gasteiger partial charge in [0.2, 0.25) is 0 Å². The van der Waals surface area contributed by atoms with Crippen LogP contribution in [0.4, 0.5) is 0 Å². The first-order valence-electron chi connectivity index (χ1n) is 3.38. The third kappa shape index (κ3) is 113. The smallest absolute Gasteiger partial charge is 0.0467 e. The van der Waals surface area contributed by atoms with Crippen LogP contribution in [-0.2, 0) is 0 Å². The second-order valence-electron chi connectivity index (χ2n) is 2.64. The van der Waals surface area contributed by atoms with E-state index in [9.17, 15) is 0 Å². The lowest BCUT2D eigenvalue weighted by Gasteiger charge is -1.87. The summed E-state index contributed by atoms with van der Waals surface area (Å²) < 4.78 is 0. The Kier molecular flexibility index (Phi) is 31.5. The monoisotopic (exact) mass is 174 g/mol. The Balaban J connectivity index is -0.0000000483. The molecule has 1 heteroatoms. The van der Waals surface area contributed by atoms with E-state index in [2.05, 4.69) is 13.2 Å². The van der Waals surface area contributed by atoms with Gasteiger partial charge >= 0.3 is 0 Å². The highest BCUT2D eigenvalue weighted by molar-refractivity contribution is 4.86. The molecule has 0 amide bonds. The highest BCUT2D eigenvalue weighted by atomic mass is 16.2. The second kappa shape index (κ2) is 16.8. The molecule has 0 radical (unpaired) electrons. The van der Waals surface area contributed by atoms with Gasteiger partial charge in [-0.1, -0.05) is 26.0 Å². The summed E-state index contributed by atoms with van der Waals surface area (Å²) in [6.45, 7) is 13.2. The van der Waals surface area contributed by atoms with Crippen LogP contribution in [0.15, 0.2) is 24.3 Å². The lowest BCUT2D eigenvalue weighted by atomic mass is 10.3. The molecule has 0 heterocycles. The van der Waals surface area contributed by atoms with Crippen molar-refractivity contribution in [1.29, 1.82) is 0 Å². The fourth-order valence-electron chi connectivity index (χ4n) is 0.191. The summed E-state index contributed by atoms with van der Waals surface area (Å²) in [6, 6.07) is 0. The molecule has 0 aromatic heterocycles. The van der Waals surface area contributed by atoms with E-state index in [1.54, 1.807) is 0 Å². The molecular weight excluding hydrogens is 148 g/mol. The predicted octanol–water partition coefficient (Wildman–Crippen LogP) is 3.80. The van der Waals surface area contributed by atoms with Gasteiger partial charge in [-0.05, 0) is 27.2 Å². The Labute approximate surface area is 78.8 Å². The number of rotatable bonds is 2. The van der Waals surface area contributed by atoms with Gasteiger partial charge in [-0.15, -0.1) is 13.2 Å². The molecule has 0 saturated heterocycles. The summed E-state index contributed by atoms with van der Waals surface area (Å²) in [5, 5.41) is 8.18. The molecule has 1 nitrogen and oxygen atoms in total. The molecule has 0 spiro atoms.